The molecule has 0 rings (SSSR count). The van der Waals surface area contributed by atoms with Crippen molar-refractivity contribution in [1.82, 2.24) is 4.90 Å². The summed E-state index contributed by atoms with van der Waals surface area (Å²) in [5, 5.41) is 0. The second-order valence-electron chi connectivity index (χ2n) is 6.65. The third-order valence-corrected chi connectivity index (χ3v) is 2.73. The van der Waals surface area contributed by atoms with E-state index in [0.717, 1.165) is 24.0 Å². The summed E-state index contributed by atoms with van der Waals surface area (Å²) in [6, 6.07) is 0.314. The highest BCUT2D eigenvalue weighted by Crippen LogP contribution is 2.08. The van der Waals surface area contributed by atoms with Crippen molar-refractivity contribution in [1.29, 1.82) is 0 Å². The van der Waals surface area contributed by atoms with Crippen molar-refractivity contribution >= 4 is 5.91 Å². The van der Waals surface area contributed by atoms with Crippen molar-refractivity contribution in [3.05, 3.63) is 0 Å². The lowest BCUT2D eigenvalue weighted by molar-refractivity contribution is -0.870. The van der Waals surface area contributed by atoms with E-state index in [1.165, 1.54) is 0 Å². The lowest BCUT2D eigenvalue weighted by Gasteiger charge is -2.29. The standard InChI is InChI=1S/C14H31N2O/c1-12(2)11-15(13(3)4)14(17)9-8-10-16(5,6)7/h12-13H,8-11H2,1-7H3/q+1. The number of carbonyl (C=O) groups excluding carboxylic acids is 1. The van der Waals surface area contributed by atoms with Crippen LogP contribution in [0.2, 0.25) is 0 Å². The first kappa shape index (κ1) is 16.4. The van der Waals surface area contributed by atoms with Crippen LogP contribution in [0.1, 0.15) is 40.5 Å². The van der Waals surface area contributed by atoms with Gasteiger partial charge in [0.2, 0.25) is 5.91 Å². The molecule has 17 heavy (non-hydrogen) atoms. The van der Waals surface area contributed by atoms with Crippen LogP contribution < -0.4 is 0 Å². The molecule has 0 aliphatic carbocycles. The fourth-order valence-electron chi connectivity index (χ4n) is 1.84. The van der Waals surface area contributed by atoms with Gasteiger partial charge in [-0.2, -0.15) is 0 Å². The molecule has 102 valence electrons. The number of quaternary nitrogens is 1. The lowest BCUT2D eigenvalue weighted by atomic mass is 10.1. The Bertz CT molecular complexity index is 229. The molecule has 0 aliphatic heterocycles. The normalized spacial score (nSPS) is 12.3. The van der Waals surface area contributed by atoms with E-state index in [-0.39, 0.29) is 0 Å². The zero-order valence-corrected chi connectivity index (χ0v) is 12.8. The molecule has 0 radical (unpaired) electrons. The molecule has 0 unspecified atom stereocenters. The van der Waals surface area contributed by atoms with E-state index in [2.05, 4.69) is 48.8 Å². The van der Waals surface area contributed by atoms with Gasteiger partial charge >= 0.3 is 0 Å². The van der Waals surface area contributed by atoms with E-state index in [4.69, 9.17) is 0 Å². The van der Waals surface area contributed by atoms with Crippen molar-refractivity contribution in [3.63, 3.8) is 0 Å². The molecule has 0 N–H and O–H groups in total. The third kappa shape index (κ3) is 8.19. The number of hydrogen-bond donors (Lipinski definition) is 0. The Labute approximate surface area is 107 Å². The molecular weight excluding hydrogens is 212 g/mol. The van der Waals surface area contributed by atoms with Gasteiger partial charge in [0.05, 0.1) is 27.7 Å². The van der Waals surface area contributed by atoms with E-state index in [9.17, 15) is 4.79 Å². The van der Waals surface area contributed by atoms with E-state index in [1.54, 1.807) is 0 Å². The Morgan fingerprint density at radius 3 is 2.00 bits per heavy atom. The minimum absolute atomic E-state index is 0.308. The van der Waals surface area contributed by atoms with Crippen LogP contribution >= 0.6 is 0 Å². The van der Waals surface area contributed by atoms with Gasteiger partial charge < -0.3 is 9.38 Å². The Morgan fingerprint density at radius 1 is 1.12 bits per heavy atom. The third-order valence-electron chi connectivity index (χ3n) is 2.73. The van der Waals surface area contributed by atoms with E-state index in [1.807, 2.05) is 4.90 Å². The number of hydrogen-bond acceptors (Lipinski definition) is 1. The average molecular weight is 243 g/mol. The molecule has 0 saturated heterocycles. The van der Waals surface area contributed by atoms with Crippen LogP contribution in [-0.2, 0) is 4.79 Å². The molecule has 0 aromatic heterocycles. The lowest BCUT2D eigenvalue weighted by Crippen LogP contribution is -2.40. The molecule has 3 nitrogen and oxygen atoms in total. The van der Waals surface area contributed by atoms with Crippen LogP contribution in [0.15, 0.2) is 0 Å². The Morgan fingerprint density at radius 2 is 1.65 bits per heavy atom. The topological polar surface area (TPSA) is 20.3 Å². The van der Waals surface area contributed by atoms with Crippen molar-refractivity contribution in [2.24, 2.45) is 5.92 Å². The van der Waals surface area contributed by atoms with Gasteiger partial charge in [-0.1, -0.05) is 13.8 Å². The minimum Gasteiger partial charge on any atom is -0.340 e. The minimum atomic E-state index is 0.308. The van der Waals surface area contributed by atoms with Crippen LogP contribution in [0, 0.1) is 5.92 Å². The fourth-order valence-corrected chi connectivity index (χ4v) is 1.84. The fraction of sp³-hybridized carbons (Fsp3) is 0.929. The monoisotopic (exact) mass is 243 g/mol. The molecule has 0 saturated carbocycles. The van der Waals surface area contributed by atoms with Crippen LogP contribution in [0.3, 0.4) is 0 Å². The predicted molar refractivity (Wildman–Crippen MR) is 73.8 cm³/mol. The first-order valence-electron chi connectivity index (χ1n) is 6.73. The molecule has 0 bridgehead atoms. The van der Waals surface area contributed by atoms with Crippen molar-refractivity contribution in [2.45, 2.75) is 46.6 Å². The van der Waals surface area contributed by atoms with Gasteiger partial charge in [-0.05, 0) is 19.8 Å². The molecule has 1 amide bonds. The van der Waals surface area contributed by atoms with Crippen LogP contribution in [-0.4, -0.2) is 55.6 Å². The van der Waals surface area contributed by atoms with Gasteiger partial charge in [-0.15, -0.1) is 0 Å². The summed E-state index contributed by atoms with van der Waals surface area (Å²) in [6.07, 6.45) is 1.66. The maximum atomic E-state index is 12.1. The van der Waals surface area contributed by atoms with Crippen LogP contribution in [0.4, 0.5) is 0 Å². The summed E-state index contributed by atoms with van der Waals surface area (Å²) in [4.78, 5) is 14.1. The van der Waals surface area contributed by atoms with Crippen molar-refractivity contribution < 1.29 is 9.28 Å². The molecule has 0 aliphatic rings. The maximum Gasteiger partial charge on any atom is 0.223 e. The van der Waals surface area contributed by atoms with Gasteiger partial charge in [0, 0.05) is 25.4 Å². The van der Waals surface area contributed by atoms with E-state index < -0.39 is 0 Å². The highest BCUT2D eigenvalue weighted by atomic mass is 16.2. The van der Waals surface area contributed by atoms with E-state index >= 15 is 0 Å². The number of nitrogens with zero attached hydrogens (tertiary/aromatic N) is 2. The SMILES string of the molecule is CC(C)CN(C(=O)CCC[N+](C)(C)C)C(C)C. The highest BCUT2D eigenvalue weighted by Gasteiger charge is 2.18. The Balaban J connectivity index is 4.16. The molecule has 0 aromatic rings. The summed E-state index contributed by atoms with van der Waals surface area (Å²) in [6.45, 7) is 10.4. The van der Waals surface area contributed by atoms with Gasteiger partial charge in [-0.3, -0.25) is 4.79 Å². The summed E-state index contributed by atoms with van der Waals surface area (Å²) in [7, 11) is 6.50. The zero-order chi connectivity index (χ0) is 13.6. The highest BCUT2D eigenvalue weighted by molar-refractivity contribution is 5.76. The summed E-state index contributed by atoms with van der Waals surface area (Å²) in [5.41, 5.74) is 0. The Kier molecular flexibility index (Phi) is 6.76. The zero-order valence-electron chi connectivity index (χ0n) is 12.8. The number of amides is 1. The molecule has 3 heteroatoms. The second-order valence-corrected chi connectivity index (χ2v) is 6.65. The average Bonchev–Trinajstić information content (AvgIpc) is 2.11. The number of carbonyl (C=O) groups is 1. The quantitative estimate of drug-likeness (QED) is 0.629. The first-order valence-corrected chi connectivity index (χ1v) is 6.73. The Hall–Kier alpha value is -0.570. The molecule has 0 fully saturated rings. The van der Waals surface area contributed by atoms with Gasteiger partial charge in [0.1, 0.15) is 0 Å². The molecule has 0 spiro atoms. The van der Waals surface area contributed by atoms with Crippen molar-refractivity contribution in [2.75, 3.05) is 34.2 Å². The summed E-state index contributed by atoms with van der Waals surface area (Å²) < 4.78 is 0.930. The molecule has 0 atom stereocenters. The van der Waals surface area contributed by atoms with Crippen molar-refractivity contribution in [3.8, 4) is 0 Å². The van der Waals surface area contributed by atoms with Gasteiger partial charge in [0.15, 0.2) is 0 Å². The first-order chi connectivity index (χ1) is 7.63. The maximum absolute atomic E-state index is 12.1. The number of rotatable bonds is 7. The molecule has 0 aromatic carbocycles. The smallest absolute Gasteiger partial charge is 0.223 e. The predicted octanol–water partition coefficient (Wildman–Crippen LogP) is 2.37. The molecular formula is C14H31N2O+. The van der Waals surface area contributed by atoms with E-state index in [0.29, 0.717) is 24.3 Å². The van der Waals surface area contributed by atoms with Crippen LogP contribution in [0.25, 0.3) is 0 Å². The summed E-state index contributed by atoms with van der Waals surface area (Å²) >= 11 is 0. The largest absolute Gasteiger partial charge is 0.340 e. The molecule has 0 heterocycles. The second kappa shape index (κ2) is 7.00. The summed E-state index contributed by atoms with van der Waals surface area (Å²) in [5.74, 6) is 0.849. The van der Waals surface area contributed by atoms with Gasteiger partial charge in [0.25, 0.3) is 0 Å². The van der Waals surface area contributed by atoms with Gasteiger partial charge in [-0.25, -0.2) is 0 Å². The van der Waals surface area contributed by atoms with Crippen LogP contribution in [0.5, 0.6) is 0 Å².